The van der Waals surface area contributed by atoms with Gasteiger partial charge in [0.2, 0.25) is 11.8 Å². The van der Waals surface area contributed by atoms with Crippen molar-refractivity contribution >= 4 is 79.3 Å². The van der Waals surface area contributed by atoms with Gasteiger partial charge in [0.15, 0.2) is 0 Å². The minimum atomic E-state index is -0.0259. The number of carbonyl (C=O) groups excluding carboxylic acids is 2. The van der Waals surface area contributed by atoms with Crippen molar-refractivity contribution in [2.45, 2.75) is 31.1 Å². The Kier molecular flexibility index (Phi) is 6.77. The van der Waals surface area contributed by atoms with Crippen molar-refractivity contribution in [1.82, 2.24) is 0 Å². The summed E-state index contributed by atoms with van der Waals surface area (Å²) in [4.78, 5) is 30.4. The monoisotopic (exact) mass is 560 g/mol. The fourth-order valence-electron chi connectivity index (χ4n) is 6.33. The van der Waals surface area contributed by atoms with Crippen LogP contribution in [-0.4, -0.2) is 36.7 Å². The first-order valence-corrected chi connectivity index (χ1v) is 14.3. The lowest BCUT2D eigenvalue weighted by molar-refractivity contribution is -0.119. The van der Waals surface area contributed by atoms with Crippen LogP contribution in [0.15, 0.2) is 60.7 Å². The number of carbonyl (C=O) groups is 2. The van der Waals surface area contributed by atoms with Gasteiger partial charge in [0, 0.05) is 83.0 Å². The molecule has 0 radical (unpaired) electrons. The van der Waals surface area contributed by atoms with Crippen molar-refractivity contribution < 1.29 is 9.59 Å². The van der Waals surface area contributed by atoms with Gasteiger partial charge in [0.1, 0.15) is 0 Å². The highest BCUT2D eigenvalue weighted by Crippen LogP contribution is 2.45. The fourth-order valence-corrected chi connectivity index (χ4v) is 6.83. The number of benzene rings is 4. The molecule has 0 saturated carbocycles. The van der Waals surface area contributed by atoms with E-state index in [9.17, 15) is 9.59 Å². The molecule has 0 saturated heterocycles. The zero-order valence-electron chi connectivity index (χ0n) is 21.5. The van der Waals surface area contributed by atoms with E-state index in [1.807, 2.05) is 60.7 Å². The molecule has 4 aromatic rings. The Balaban J connectivity index is 1.19. The van der Waals surface area contributed by atoms with E-state index in [0.717, 1.165) is 44.0 Å². The second-order valence-corrected chi connectivity index (χ2v) is 11.1. The number of nitrogens with two attached hydrogens (primary N) is 2. The lowest BCUT2D eigenvalue weighted by Crippen LogP contribution is -2.32. The second-order valence-electron chi connectivity index (χ2n) is 10.5. The van der Waals surface area contributed by atoms with Crippen LogP contribution in [0.5, 0.6) is 0 Å². The highest BCUT2D eigenvalue weighted by Gasteiger charge is 2.36. The predicted octanol–water partition coefficient (Wildman–Crippen LogP) is 6.37. The van der Waals surface area contributed by atoms with Crippen molar-refractivity contribution in [2.75, 3.05) is 46.1 Å². The summed E-state index contributed by atoms with van der Waals surface area (Å²) in [5.74, 6) is 0.844. The van der Waals surface area contributed by atoms with Gasteiger partial charge in [0.05, 0.1) is 0 Å². The molecule has 2 heterocycles. The molecule has 39 heavy (non-hydrogen) atoms. The van der Waals surface area contributed by atoms with Crippen LogP contribution in [0.25, 0.3) is 21.5 Å². The van der Waals surface area contributed by atoms with Crippen LogP contribution in [0.3, 0.4) is 0 Å². The van der Waals surface area contributed by atoms with Gasteiger partial charge < -0.3 is 21.3 Å². The number of alkyl halides is 2. The molecule has 0 unspecified atom stereocenters. The van der Waals surface area contributed by atoms with E-state index in [-0.39, 0.29) is 36.5 Å². The molecule has 6 rings (SSSR count). The second kappa shape index (κ2) is 10.2. The Morgan fingerprint density at radius 1 is 0.692 bits per heavy atom. The fraction of sp³-hybridized carbons (Fsp3) is 0.290. The minimum Gasteiger partial charge on any atom is -0.398 e. The molecule has 2 aliphatic heterocycles. The van der Waals surface area contributed by atoms with Crippen molar-refractivity contribution in [3.63, 3.8) is 0 Å². The Morgan fingerprint density at radius 2 is 1.08 bits per heavy atom. The predicted molar refractivity (Wildman–Crippen MR) is 162 cm³/mol. The molecule has 4 N–H and O–H groups in total. The van der Waals surface area contributed by atoms with Gasteiger partial charge in [-0.3, -0.25) is 9.59 Å². The third kappa shape index (κ3) is 4.26. The maximum Gasteiger partial charge on any atom is 0.227 e. The molecular weight excluding hydrogens is 531 g/mol. The van der Waals surface area contributed by atoms with Gasteiger partial charge in [-0.25, -0.2) is 0 Å². The lowest BCUT2D eigenvalue weighted by atomic mass is 9.95. The average molecular weight is 562 g/mol. The molecule has 2 atom stereocenters. The number of fused-ring (bicyclic) bond motifs is 6. The normalized spacial score (nSPS) is 18.1. The lowest BCUT2D eigenvalue weighted by Gasteiger charge is -2.20. The first-order chi connectivity index (χ1) is 18.9. The zero-order chi connectivity index (χ0) is 27.3. The molecule has 0 bridgehead atoms. The molecule has 6 nitrogen and oxygen atoms in total. The van der Waals surface area contributed by atoms with Crippen molar-refractivity contribution in [1.29, 1.82) is 0 Å². The Labute approximate surface area is 237 Å². The standard InChI is InChI=1S/C31H30Cl2N4O2/c32-14-18-16-36(26-12-24(34)20-6-1-3-8-22(20)30(18)26)28(38)10-5-11-29(39)37-17-19(15-33)31-23-9-4-2-7-21(23)25(35)13-27(31)37/h1-4,6-9,12-13,18-19H,5,10-11,14-17,34-35H2/t18-,19-/m1/s1. The molecule has 8 heteroatoms. The van der Waals surface area contributed by atoms with Gasteiger partial charge in [-0.15, -0.1) is 23.2 Å². The molecule has 0 aliphatic carbocycles. The highest BCUT2D eigenvalue weighted by atomic mass is 35.5. The summed E-state index contributed by atoms with van der Waals surface area (Å²) < 4.78 is 0. The van der Waals surface area contributed by atoms with E-state index in [4.69, 9.17) is 34.7 Å². The van der Waals surface area contributed by atoms with Gasteiger partial charge in [-0.05, 0) is 40.5 Å². The maximum atomic E-state index is 13.4. The Bertz CT molecular complexity index is 1500. The number of hydrogen-bond donors (Lipinski definition) is 2. The molecule has 2 aliphatic rings. The first kappa shape index (κ1) is 25.8. The van der Waals surface area contributed by atoms with Crippen LogP contribution in [0.1, 0.15) is 42.2 Å². The number of halogens is 2. The Hall–Kier alpha value is -3.48. The van der Waals surface area contributed by atoms with Crippen LogP contribution in [0, 0.1) is 0 Å². The maximum absolute atomic E-state index is 13.4. The molecule has 0 fully saturated rings. The van der Waals surface area contributed by atoms with E-state index in [1.165, 1.54) is 0 Å². The summed E-state index contributed by atoms with van der Waals surface area (Å²) in [6.45, 7) is 1.03. The number of hydrogen-bond acceptors (Lipinski definition) is 4. The van der Waals surface area contributed by atoms with Gasteiger partial charge >= 0.3 is 0 Å². The molecule has 4 aromatic carbocycles. The number of rotatable bonds is 6. The smallest absolute Gasteiger partial charge is 0.227 e. The summed E-state index contributed by atoms with van der Waals surface area (Å²) in [5, 5.41) is 4.02. The number of amides is 2. The van der Waals surface area contributed by atoms with Crippen LogP contribution in [-0.2, 0) is 9.59 Å². The molecule has 0 aromatic heterocycles. The van der Waals surface area contributed by atoms with E-state index in [0.29, 0.717) is 42.6 Å². The SMILES string of the molecule is Nc1cc2c(c3ccccc13)[C@H](CCl)CN2C(=O)CCCC(=O)N1C[C@@H](CCl)c2c1cc(N)c1ccccc21. The summed E-state index contributed by atoms with van der Waals surface area (Å²) in [7, 11) is 0. The van der Waals surface area contributed by atoms with Crippen LogP contribution < -0.4 is 21.3 Å². The van der Waals surface area contributed by atoms with Gasteiger partial charge in [-0.2, -0.15) is 0 Å². The number of anilines is 4. The van der Waals surface area contributed by atoms with Crippen LogP contribution >= 0.6 is 23.2 Å². The van der Waals surface area contributed by atoms with E-state index < -0.39 is 0 Å². The third-order valence-electron chi connectivity index (χ3n) is 8.15. The first-order valence-electron chi connectivity index (χ1n) is 13.3. The largest absolute Gasteiger partial charge is 0.398 e. The van der Waals surface area contributed by atoms with E-state index in [2.05, 4.69) is 0 Å². The van der Waals surface area contributed by atoms with Crippen molar-refractivity contribution in [3.05, 3.63) is 71.8 Å². The third-order valence-corrected chi connectivity index (χ3v) is 8.90. The van der Waals surface area contributed by atoms with Crippen LogP contribution in [0.4, 0.5) is 22.7 Å². The summed E-state index contributed by atoms with van der Waals surface area (Å²) in [6, 6.07) is 19.7. The number of nitrogens with zero attached hydrogens (tertiary/aromatic N) is 2. The topological polar surface area (TPSA) is 92.7 Å². The zero-order valence-corrected chi connectivity index (χ0v) is 23.0. The van der Waals surface area contributed by atoms with E-state index in [1.54, 1.807) is 9.80 Å². The summed E-state index contributed by atoms with van der Waals surface area (Å²) in [5.41, 5.74) is 17.8. The summed E-state index contributed by atoms with van der Waals surface area (Å²) in [6.07, 6.45) is 0.956. The van der Waals surface area contributed by atoms with Crippen LogP contribution in [0.2, 0.25) is 0 Å². The highest BCUT2D eigenvalue weighted by molar-refractivity contribution is 6.19. The van der Waals surface area contributed by atoms with Gasteiger partial charge in [0.25, 0.3) is 0 Å². The Morgan fingerprint density at radius 3 is 1.46 bits per heavy atom. The molecule has 200 valence electrons. The average Bonchev–Trinajstić information content (AvgIpc) is 3.52. The quantitative estimate of drug-likeness (QED) is 0.212. The molecule has 2 amide bonds. The number of nitrogen functional groups attached to an aromatic ring is 2. The summed E-state index contributed by atoms with van der Waals surface area (Å²) >= 11 is 12.7. The van der Waals surface area contributed by atoms with Crippen molar-refractivity contribution in [3.8, 4) is 0 Å². The molecular formula is C31H30Cl2N4O2. The van der Waals surface area contributed by atoms with Crippen molar-refractivity contribution in [2.24, 2.45) is 0 Å². The van der Waals surface area contributed by atoms with E-state index >= 15 is 0 Å². The molecule has 0 spiro atoms. The minimum absolute atomic E-state index is 0.0259. The van der Waals surface area contributed by atoms with Gasteiger partial charge in [-0.1, -0.05) is 48.5 Å².